The molecule has 1 N–H and O–H groups in total. The Morgan fingerprint density at radius 1 is 0.833 bits per heavy atom. The lowest BCUT2D eigenvalue weighted by Gasteiger charge is -2.28. The van der Waals surface area contributed by atoms with Gasteiger partial charge in [-0.15, -0.1) is 0 Å². The van der Waals surface area contributed by atoms with E-state index in [4.69, 9.17) is 33.2 Å². The van der Waals surface area contributed by atoms with E-state index < -0.39 is 0 Å². The lowest BCUT2D eigenvalue weighted by Crippen LogP contribution is -2.39. The Morgan fingerprint density at radius 3 is 1.69 bits per heavy atom. The monoisotopic (exact) mass is 538 g/mol. The number of carbonyl (C=O) groups excluding carboxylic acids is 3. The summed E-state index contributed by atoms with van der Waals surface area (Å²) in [7, 11) is 0. The minimum atomic E-state index is -0.281. The van der Waals surface area contributed by atoms with Crippen molar-refractivity contribution in [1.29, 1.82) is 0 Å². The molecule has 0 aromatic heterocycles. The normalized spacial score (nSPS) is 13.6. The Balaban J connectivity index is 0.00000387. The van der Waals surface area contributed by atoms with Gasteiger partial charge in [-0.05, 0) is 26.2 Å². The van der Waals surface area contributed by atoms with Gasteiger partial charge in [-0.2, -0.15) is 12.6 Å². The van der Waals surface area contributed by atoms with Crippen LogP contribution in [0.15, 0.2) is 0 Å². The van der Waals surface area contributed by atoms with E-state index in [1.807, 2.05) is 6.92 Å². The van der Waals surface area contributed by atoms with Crippen LogP contribution in [-0.4, -0.2) is 121 Å². The predicted octanol–water partition coefficient (Wildman–Crippen LogP) is 1.72. The highest BCUT2D eigenvalue weighted by Crippen LogP contribution is 2.15. The van der Waals surface area contributed by atoms with Gasteiger partial charge >= 0.3 is 6.09 Å². The van der Waals surface area contributed by atoms with E-state index >= 15 is 0 Å². The summed E-state index contributed by atoms with van der Waals surface area (Å²) >= 11 is 4.42. The van der Waals surface area contributed by atoms with Crippen LogP contribution in [0.4, 0.5) is 4.79 Å². The van der Waals surface area contributed by atoms with Crippen LogP contribution in [0.5, 0.6) is 0 Å². The number of carbonyl (C=O) groups is 3. The van der Waals surface area contributed by atoms with Crippen LogP contribution >= 0.6 is 12.6 Å². The van der Waals surface area contributed by atoms with Crippen LogP contribution in [0.1, 0.15) is 39.5 Å². The molecule has 0 bridgehead atoms. The van der Waals surface area contributed by atoms with Crippen molar-refractivity contribution in [2.24, 2.45) is 0 Å². The number of likely N-dealkylation sites (tertiary alicyclic amines) is 1. The second-order valence-corrected chi connectivity index (χ2v) is 8.46. The first-order chi connectivity index (χ1) is 17.5. The first kappa shape index (κ1) is 34.6. The molecule has 0 aromatic carbocycles. The molecule has 36 heavy (non-hydrogen) atoms. The molecule has 1 aliphatic heterocycles. The number of hydrogen-bond donors (Lipinski definition) is 2. The van der Waals surface area contributed by atoms with Crippen molar-refractivity contribution in [2.75, 3.05) is 92.3 Å². The zero-order valence-corrected chi connectivity index (χ0v) is 22.8. The van der Waals surface area contributed by atoms with Gasteiger partial charge < -0.3 is 43.4 Å². The zero-order valence-electron chi connectivity index (χ0n) is 22.0. The Bertz CT molecular complexity index is 536. The summed E-state index contributed by atoms with van der Waals surface area (Å²) in [4.78, 5) is 33.6. The number of amides is 2. The number of nitrogens with zero attached hydrogens (tertiary/aromatic N) is 1. The molecule has 2 amide bonds. The van der Waals surface area contributed by atoms with Crippen LogP contribution in [0.25, 0.3) is 0 Å². The van der Waals surface area contributed by atoms with Crippen molar-refractivity contribution in [2.45, 2.75) is 44.8 Å². The van der Waals surface area contributed by atoms with Gasteiger partial charge in [0.05, 0.1) is 66.1 Å². The largest absolute Gasteiger partial charge is 0.447 e. The first-order valence-electron chi connectivity index (χ1n) is 12.7. The SMILES string of the molecule is CC=O.CCCC(=O)NCCOCCOCCOCCOCCOCCOC(=O)N1CCC(S)CC1. The van der Waals surface area contributed by atoms with Crippen LogP contribution in [0.3, 0.4) is 0 Å². The molecule has 1 saturated heterocycles. The molecule has 0 atom stereocenters. The van der Waals surface area contributed by atoms with E-state index in [1.165, 1.54) is 6.92 Å². The third kappa shape index (κ3) is 23.0. The van der Waals surface area contributed by atoms with Crippen molar-refractivity contribution in [3.8, 4) is 0 Å². The average Bonchev–Trinajstić information content (AvgIpc) is 2.86. The summed E-state index contributed by atoms with van der Waals surface area (Å²) in [5.41, 5.74) is 0. The molecule has 1 fully saturated rings. The minimum absolute atomic E-state index is 0.0599. The fourth-order valence-electron chi connectivity index (χ4n) is 2.89. The Labute approximate surface area is 221 Å². The van der Waals surface area contributed by atoms with E-state index in [0.29, 0.717) is 97.4 Å². The topological polar surface area (TPSA) is 122 Å². The van der Waals surface area contributed by atoms with Crippen LogP contribution in [-0.2, 0) is 38.0 Å². The minimum Gasteiger partial charge on any atom is -0.447 e. The molecule has 1 rings (SSSR count). The number of nitrogens with one attached hydrogen (secondary N) is 1. The smallest absolute Gasteiger partial charge is 0.409 e. The standard InChI is InChI=1S/C22H42N2O8S.C2H4O/c1-2-3-21(25)23-6-9-27-10-11-28-12-13-29-14-15-30-16-17-31-18-19-32-22(26)24-7-4-20(33)5-8-24;1-2-3/h20,33H,2-19H2,1H3,(H,23,25);2H,1H3. The van der Waals surface area contributed by atoms with Crippen LogP contribution in [0.2, 0.25) is 0 Å². The highest BCUT2D eigenvalue weighted by Gasteiger charge is 2.21. The quantitative estimate of drug-likeness (QED) is 0.136. The van der Waals surface area contributed by atoms with Crippen molar-refractivity contribution in [3.63, 3.8) is 0 Å². The number of hydrogen-bond acceptors (Lipinski definition) is 10. The molecule has 0 saturated carbocycles. The lowest BCUT2D eigenvalue weighted by atomic mass is 10.1. The fourth-order valence-corrected chi connectivity index (χ4v) is 3.12. The molecule has 212 valence electrons. The molecular weight excluding hydrogens is 492 g/mol. The molecule has 0 aliphatic carbocycles. The van der Waals surface area contributed by atoms with Gasteiger partial charge in [0.15, 0.2) is 0 Å². The summed E-state index contributed by atoms with van der Waals surface area (Å²) in [6.45, 7) is 10.2. The molecule has 1 aliphatic rings. The van der Waals surface area contributed by atoms with E-state index in [0.717, 1.165) is 25.5 Å². The number of piperidine rings is 1. The third-order valence-corrected chi connectivity index (χ3v) is 5.23. The summed E-state index contributed by atoms with van der Waals surface area (Å²) in [5, 5.41) is 3.17. The fraction of sp³-hybridized carbons (Fsp3) is 0.875. The first-order valence-corrected chi connectivity index (χ1v) is 13.2. The molecule has 1 heterocycles. The van der Waals surface area contributed by atoms with Crippen molar-refractivity contribution in [3.05, 3.63) is 0 Å². The van der Waals surface area contributed by atoms with Gasteiger partial charge in [-0.1, -0.05) is 6.92 Å². The molecule has 0 radical (unpaired) electrons. The Hall–Kier alpha value is -1.44. The maximum absolute atomic E-state index is 11.9. The van der Waals surface area contributed by atoms with E-state index in [9.17, 15) is 9.59 Å². The molecule has 11 nitrogen and oxygen atoms in total. The van der Waals surface area contributed by atoms with Gasteiger partial charge in [0, 0.05) is 31.3 Å². The van der Waals surface area contributed by atoms with Crippen molar-refractivity contribution >= 4 is 30.9 Å². The number of ether oxygens (including phenoxy) is 6. The van der Waals surface area contributed by atoms with Crippen molar-refractivity contribution in [1.82, 2.24) is 10.2 Å². The molecule has 0 aromatic rings. The van der Waals surface area contributed by atoms with Crippen molar-refractivity contribution < 1.29 is 42.8 Å². The number of aldehydes is 1. The third-order valence-electron chi connectivity index (χ3n) is 4.71. The molecule has 0 unspecified atom stereocenters. The van der Waals surface area contributed by atoms with Gasteiger partial charge in [0.1, 0.15) is 12.9 Å². The molecule has 12 heteroatoms. The van der Waals surface area contributed by atoms with Gasteiger partial charge in [0.25, 0.3) is 0 Å². The van der Waals surface area contributed by atoms with Gasteiger partial charge in [-0.3, -0.25) is 4.79 Å². The lowest BCUT2D eigenvalue weighted by molar-refractivity contribution is -0.121. The number of rotatable bonds is 20. The van der Waals surface area contributed by atoms with Gasteiger partial charge in [-0.25, -0.2) is 4.79 Å². The van der Waals surface area contributed by atoms with E-state index in [2.05, 4.69) is 17.9 Å². The van der Waals surface area contributed by atoms with Crippen LogP contribution < -0.4 is 5.32 Å². The molecule has 0 spiro atoms. The highest BCUT2D eigenvalue weighted by atomic mass is 32.1. The highest BCUT2D eigenvalue weighted by molar-refractivity contribution is 7.80. The maximum Gasteiger partial charge on any atom is 0.409 e. The summed E-state index contributed by atoms with van der Waals surface area (Å²) in [6, 6.07) is 0. The Morgan fingerprint density at radius 2 is 1.25 bits per heavy atom. The van der Waals surface area contributed by atoms with E-state index in [1.54, 1.807) is 4.90 Å². The maximum atomic E-state index is 11.9. The van der Waals surface area contributed by atoms with Crippen LogP contribution in [0, 0.1) is 0 Å². The summed E-state index contributed by atoms with van der Waals surface area (Å²) in [5.74, 6) is 0.0599. The van der Waals surface area contributed by atoms with Gasteiger partial charge in [0.2, 0.25) is 5.91 Å². The molecular formula is C24H46N2O9S. The summed E-state index contributed by atoms with van der Waals surface area (Å²) in [6.07, 6.45) is 3.67. The average molecular weight is 539 g/mol. The predicted molar refractivity (Wildman–Crippen MR) is 139 cm³/mol. The number of thiol groups is 1. The van der Waals surface area contributed by atoms with E-state index in [-0.39, 0.29) is 18.6 Å². The zero-order chi connectivity index (χ0) is 26.7. The Kier molecular flexibility index (Phi) is 25.6. The second-order valence-electron chi connectivity index (χ2n) is 7.73. The second kappa shape index (κ2) is 26.6. The summed E-state index contributed by atoms with van der Waals surface area (Å²) < 4.78 is 32.2.